The van der Waals surface area contributed by atoms with Gasteiger partial charge in [0.2, 0.25) is 11.8 Å². The molecule has 0 saturated carbocycles. The van der Waals surface area contributed by atoms with Crippen LogP contribution in [0.15, 0.2) is 25.0 Å². The molecule has 2 aromatic heterocycles. The first-order chi connectivity index (χ1) is 12.5. The summed E-state index contributed by atoms with van der Waals surface area (Å²) in [4.78, 5) is 48.4. The zero-order valence-corrected chi connectivity index (χ0v) is 13.9. The molecule has 7 N–H and O–H groups in total. The van der Waals surface area contributed by atoms with E-state index in [0.717, 1.165) is 0 Å². The fourth-order valence-electron chi connectivity index (χ4n) is 2.23. The number of carboxylic acids is 1. The molecule has 2 rings (SSSR count). The lowest BCUT2D eigenvalue weighted by molar-refractivity contribution is -0.141. The Morgan fingerprint density at radius 3 is 2.27 bits per heavy atom. The van der Waals surface area contributed by atoms with Crippen molar-refractivity contribution in [1.29, 1.82) is 0 Å². The molecule has 0 spiro atoms. The molecule has 0 bridgehead atoms. The quantitative estimate of drug-likeness (QED) is 0.292. The van der Waals surface area contributed by atoms with Crippen LogP contribution in [0.25, 0.3) is 0 Å². The normalized spacial score (nSPS) is 13.0. The van der Waals surface area contributed by atoms with Crippen molar-refractivity contribution in [3.8, 4) is 0 Å². The number of hydrogen-bond acceptors (Lipinski definition) is 6. The van der Waals surface area contributed by atoms with Gasteiger partial charge in [-0.3, -0.25) is 9.59 Å². The number of amides is 2. The van der Waals surface area contributed by atoms with Crippen molar-refractivity contribution in [1.82, 2.24) is 30.6 Å². The van der Waals surface area contributed by atoms with Crippen LogP contribution in [-0.2, 0) is 27.2 Å². The summed E-state index contributed by atoms with van der Waals surface area (Å²) in [5, 5.41) is 14.1. The number of H-pyrrole nitrogens is 2. The summed E-state index contributed by atoms with van der Waals surface area (Å²) >= 11 is 0. The standard InChI is InChI=1S/C15H21N7O4/c16-11(3-9-5-17-7-20-9)14(24)19-2-1-13(23)22-12(15(25)26)4-10-6-18-8-21-10/h5-8,11-12H,1-4,16H2,(H,17,20)(H,18,21)(H,19,24)(H,22,23)(H,25,26)/t11-,12-/m0/s1. The predicted molar refractivity (Wildman–Crippen MR) is 89.8 cm³/mol. The van der Waals surface area contributed by atoms with Gasteiger partial charge in [-0.05, 0) is 0 Å². The maximum Gasteiger partial charge on any atom is 0.326 e. The largest absolute Gasteiger partial charge is 0.480 e. The number of carbonyl (C=O) groups is 3. The predicted octanol–water partition coefficient (Wildman–Crippen LogP) is -1.68. The zero-order valence-electron chi connectivity index (χ0n) is 13.9. The Hall–Kier alpha value is -3.21. The van der Waals surface area contributed by atoms with Crippen LogP contribution in [0.2, 0.25) is 0 Å². The molecular formula is C15H21N7O4. The molecule has 0 aliphatic carbocycles. The maximum absolute atomic E-state index is 11.9. The highest BCUT2D eigenvalue weighted by molar-refractivity contribution is 5.85. The number of rotatable bonds is 10. The molecule has 2 atom stereocenters. The van der Waals surface area contributed by atoms with E-state index in [0.29, 0.717) is 11.4 Å². The van der Waals surface area contributed by atoms with Gasteiger partial charge in [0.05, 0.1) is 30.1 Å². The van der Waals surface area contributed by atoms with Crippen LogP contribution < -0.4 is 16.4 Å². The van der Waals surface area contributed by atoms with E-state index in [4.69, 9.17) is 5.73 Å². The lowest BCUT2D eigenvalue weighted by atomic mass is 10.1. The van der Waals surface area contributed by atoms with Crippen molar-refractivity contribution in [2.75, 3.05) is 6.54 Å². The van der Waals surface area contributed by atoms with E-state index in [1.54, 1.807) is 12.4 Å². The van der Waals surface area contributed by atoms with Gasteiger partial charge in [-0.15, -0.1) is 0 Å². The van der Waals surface area contributed by atoms with Crippen LogP contribution in [0.1, 0.15) is 17.8 Å². The Labute approximate surface area is 148 Å². The first-order valence-electron chi connectivity index (χ1n) is 7.96. The molecule has 140 valence electrons. The number of aliphatic carboxylic acids is 1. The van der Waals surface area contributed by atoms with Crippen molar-refractivity contribution >= 4 is 17.8 Å². The molecular weight excluding hydrogens is 342 g/mol. The third-order valence-corrected chi connectivity index (χ3v) is 3.57. The second-order valence-electron chi connectivity index (χ2n) is 5.64. The highest BCUT2D eigenvalue weighted by Crippen LogP contribution is 2.00. The third-order valence-electron chi connectivity index (χ3n) is 3.57. The lowest BCUT2D eigenvalue weighted by Gasteiger charge is -2.14. The molecule has 11 heteroatoms. The molecule has 0 aliphatic rings. The fraction of sp³-hybridized carbons (Fsp3) is 0.400. The molecule has 26 heavy (non-hydrogen) atoms. The highest BCUT2D eigenvalue weighted by atomic mass is 16.4. The molecule has 2 amide bonds. The van der Waals surface area contributed by atoms with Crippen LogP contribution >= 0.6 is 0 Å². The van der Waals surface area contributed by atoms with E-state index in [9.17, 15) is 19.5 Å². The molecule has 0 radical (unpaired) electrons. The minimum absolute atomic E-state index is 0.0493. The van der Waals surface area contributed by atoms with Crippen molar-refractivity contribution in [3.05, 3.63) is 36.4 Å². The lowest BCUT2D eigenvalue weighted by Crippen LogP contribution is -2.45. The van der Waals surface area contributed by atoms with Crippen LogP contribution in [0, 0.1) is 0 Å². The Morgan fingerprint density at radius 1 is 1.12 bits per heavy atom. The monoisotopic (exact) mass is 363 g/mol. The van der Waals surface area contributed by atoms with Gasteiger partial charge in [-0.2, -0.15) is 0 Å². The SMILES string of the molecule is N[C@@H](Cc1c[nH]cn1)C(=O)NCCC(=O)N[C@@H](Cc1c[nH]cn1)C(=O)O. The second-order valence-corrected chi connectivity index (χ2v) is 5.64. The van der Waals surface area contributed by atoms with E-state index in [1.165, 1.54) is 12.7 Å². The van der Waals surface area contributed by atoms with Crippen LogP contribution in [-0.4, -0.2) is 61.5 Å². The highest BCUT2D eigenvalue weighted by Gasteiger charge is 2.21. The number of aromatic nitrogens is 4. The van der Waals surface area contributed by atoms with Gasteiger partial charge < -0.3 is 31.4 Å². The molecule has 0 unspecified atom stereocenters. The Bertz CT molecular complexity index is 714. The van der Waals surface area contributed by atoms with E-state index >= 15 is 0 Å². The Morgan fingerprint density at radius 2 is 1.73 bits per heavy atom. The summed E-state index contributed by atoms with van der Waals surface area (Å²) in [6.45, 7) is 0.0493. The minimum atomic E-state index is -1.16. The molecule has 2 heterocycles. The summed E-state index contributed by atoms with van der Waals surface area (Å²) in [5.41, 5.74) is 6.95. The van der Waals surface area contributed by atoms with Gasteiger partial charge in [-0.1, -0.05) is 0 Å². The van der Waals surface area contributed by atoms with E-state index in [1.807, 2.05) is 0 Å². The van der Waals surface area contributed by atoms with Crippen LogP contribution in [0.3, 0.4) is 0 Å². The Balaban J connectivity index is 1.71. The van der Waals surface area contributed by atoms with E-state index in [-0.39, 0.29) is 25.8 Å². The fourth-order valence-corrected chi connectivity index (χ4v) is 2.23. The first-order valence-corrected chi connectivity index (χ1v) is 7.96. The smallest absolute Gasteiger partial charge is 0.326 e. The van der Waals surface area contributed by atoms with Crippen molar-refractivity contribution in [2.45, 2.75) is 31.3 Å². The number of carboxylic acid groups (broad SMARTS) is 1. The van der Waals surface area contributed by atoms with Gasteiger partial charge in [0.25, 0.3) is 0 Å². The van der Waals surface area contributed by atoms with Crippen LogP contribution in [0.5, 0.6) is 0 Å². The maximum atomic E-state index is 11.9. The number of nitrogens with one attached hydrogen (secondary N) is 4. The van der Waals surface area contributed by atoms with Gasteiger partial charge in [0, 0.05) is 38.2 Å². The summed E-state index contributed by atoms with van der Waals surface area (Å²) in [7, 11) is 0. The van der Waals surface area contributed by atoms with Crippen LogP contribution in [0.4, 0.5) is 0 Å². The number of nitrogens with zero attached hydrogens (tertiary/aromatic N) is 2. The number of imidazole rings is 2. The summed E-state index contributed by atoms with van der Waals surface area (Å²) < 4.78 is 0. The topological polar surface area (TPSA) is 179 Å². The number of aromatic amines is 2. The second kappa shape index (κ2) is 9.32. The number of hydrogen-bond donors (Lipinski definition) is 6. The number of carbonyl (C=O) groups excluding carboxylic acids is 2. The summed E-state index contributed by atoms with van der Waals surface area (Å²) in [5.74, 6) is -2.06. The van der Waals surface area contributed by atoms with Gasteiger partial charge >= 0.3 is 5.97 Å². The molecule has 11 nitrogen and oxygen atoms in total. The van der Waals surface area contributed by atoms with Gasteiger partial charge in [0.15, 0.2) is 0 Å². The van der Waals surface area contributed by atoms with Crippen molar-refractivity contribution < 1.29 is 19.5 Å². The molecule has 2 aromatic rings. The molecule has 0 saturated heterocycles. The zero-order chi connectivity index (χ0) is 18.9. The first kappa shape index (κ1) is 19.1. The average Bonchev–Trinajstić information content (AvgIpc) is 3.27. The number of nitrogens with two attached hydrogens (primary N) is 1. The van der Waals surface area contributed by atoms with Gasteiger partial charge in [0.1, 0.15) is 6.04 Å². The summed E-state index contributed by atoms with van der Waals surface area (Å²) in [6, 6.07) is -1.88. The third kappa shape index (κ3) is 6.02. The van der Waals surface area contributed by atoms with E-state index in [2.05, 4.69) is 30.6 Å². The molecule has 0 aromatic carbocycles. The van der Waals surface area contributed by atoms with Crippen molar-refractivity contribution in [2.24, 2.45) is 5.73 Å². The molecule has 0 fully saturated rings. The van der Waals surface area contributed by atoms with E-state index < -0.39 is 29.9 Å². The van der Waals surface area contributed by atoms with Gasteiger partial charge in [-0.25, -0.2) is 14.8 Å². The Kier molecular flexibility index (Phi) is 6.85. The summed E-state index contributed by atoms with van der Waals surface area (Å²) in [6.07, 6.45) is 6.39. The average molecular weight is 363 g/mol. The minimum Gasteiger partial charge on any atom is -0.480 e. The van der Waals surface area contributed by atoms with Crippen molar-refractivity contribution in [3.63, 3.8) is 0 Å². The molecule has 0 aliphatic heterocycles.